The molecule has 1 unspecified atom stereocenters. The van der Waals surface area contributed by atoms with Crippen LogP contribution in [0.5, 0.6) is 0 Å². The first kappa shape index (κ1) is 19.2. The molecule has 0 radical (unpaired) electrons. The molecule has 1 saturated heterocycles. The molecular weight excluding hydrogens is 352 g/mol. The fraction of sp³-hybridized carbons (Fsp3) is 0.600. The van der Waals surface area contributed by atoms with Crippen LogP contribution in [0.25, 0.3) is 0 Å². The molecule has 1 atom stereocenters. The summed E-state index contributed by atoms with van der Waals surface area (Å²) in [5.74, 6) is 0.0153. The lowest BCUT2D eigenvalue weighted by molar-refractivity contribution is 0.0102. The zero-order chi connectivity index (χ0) is 17.8. The van der Waals surface area contributed by atoms with E-state index in [0.29, 0.717) is 19.6 Å². The normalized spacial score (nSPS) is 20.0. The van der Waals surface area contributed by atoms with Gasteiger partial charge in [-0.05, 0) is 31.5 Å². The first-order valence-corrected chi connectivity index (χ1v) is 11.1. The summed E-state index contributed by atoms with van der Waals surface area (Å²) in [5, 5.41) is 0. The standard InChI is InChI=1S/C15H24N2O5S2/c1-3-4-10-23(18,19)16-14-6-5-7-15(11-14)24(20,21)17-8-9-22-13(2)12-17/h5-7,11,13,16H,3-4,8-10,12H2,1-2H3. The number of anilines is 1. The molecule has 0 aromatic heterocycles. The third-order valence-corrected chi connectivity index (χ3v) is 6.95. The van der Waals surface area contributed by atoms with E-state index in [2.05, 4.69) is 4.72 Å². The molecule has 0 spiro atoms. The Bertz CT molecular complexity index is 762. The highest BCUT2D eigenvalue weighted by Crippen LogP contribution is 2.22. The summed E-state index contributed by atoms with van der Waals surface area (Å²) >= 11 is 0. The lowest BCUT2D eigenvalue weighted by Gasteiger charge is -2.30. The number of benzene rings is 1. The minimum Gasteiger partial charge on any atom is -0.376 e. The van der Waals surface area contributed by atoms with E-state index in [9.17, 15) is 16.8 Å². The molecule has 2 rings (SSSR count). The van der Waals surface area contributed by atoms with Gasteiger partial charge in [-0.1, -0.05) is 19.4 Å². The number of ether oxygens (including phenoxy) is 1. The van der Waals surface area contributed by atoms with Crippen LogP contribution in [0.1, 0.15) is 26.7 Å². The van der Waals surface area contributed by atoms with E-state index < -0.39 is 20.0 Å². The third kappa shape index (κ3) is 4.92. The van der Waals surface area contributed by atoms with Crippen molar-refractivity contribution in [3.8, 4) is 0 Å². The van der Waals surface area contributed by atoms with Crippen molar-refractivity contribution in [1.82, 2.24) is 4.31 Å². The van der Waals surface area contributed by atoms with E-state index in [1.807, 2.05) is 13.8 Å². The van der Waals surface area contributed by atoms with Crippen molar-refractivity contribution in [2.75, 3.05) is 30.2 Å². The van der Waals surface area contributed by atoms with Crippen LogP contribution in [0.2, 0.25) is 0 Å². The maximum Gasteiger partial charge on any atom is 0.243 e. The van der Waals surface area contributed by atoms with Crippen LogP contribution in [0.15, 0.2) is 29.2 Å². The first-order chi connectivity index (χ1) is 11.2. The van der Waals surface area contributed by atoms with Crippen LogP contribution in [0.4, 0.5) is 5.69 Å². The monoisotopic (exact) mass is 376 g/mol. The van der Waals surface area contributed by atoms with Gasteiger partial charge in [-0.2, -0.15) is 4.31 Å². The van der Waals surface area contributed by atoms with Crippen molar-refractivity contribution >= 4 is 25.7 Å². The van der Waals surface area contributed by atoms with Crippen molar-refractivity contribution in [3.63, 3.8) is 0 Å². The molecule has 1 aliphatic rings. The predicted molar refractivity (Wildman–Crippen MR) is 92.9 cm³/mol. The Morgan fingerprint density at radius 2 is 2.04 bits per heavy atom. The molecule has 1 aromatic rings. The van der Waals surface area contributed by atoms with Crippen molar-refractivity contribution in [1.29, 1.82) is 0 Å². The highest BCUT2D eigenvalue weighted by atomic mass is 32.2. The number of morpholine rings is 1. The third-order valence-electron chi connectivity index (χ3n) is 3.72. The predicted octanol–water partition coefficient (Wildman–Crippen LogP) is 1.64. The van der Waals surface area contributed by atoms with Gasteiger partial charge in [0.1, 0.15) is 0 Å². The van der Waals surface area contributed by atoms with Crippen LogP contribution in [-0.2, 0) is 24.8 Å². The van der Waals surface area contributed by atoms with Crippen LogP contribution in [-0.4, -0.2) is 52.7 Å². The van der Waals surface area contributed by atoms with Crippen LogP contribution in [0, 0.1) is 0 Å². The largest absolute Gasteiger partial charge is 0.376 e. The van der Waals surface area contributed by atoms with Gasteiger partial charge >= 0.3 is 0 Å². The van der Waals surface area contributed by atoms with Crippen molar-refractivity contribution in [2.45, 2.75) is 37.7 Å². The molecule has 1 N–H and O–H groups in total. The van der Waals surface area contributed by atoms with Crippen LogP contribution < -0.4 is 4.72 Å². The average Bonchev–Trinajstić information content (AvgIpc) is 2.53. The number of sulfonamides is 2. The van der Waals surface area contributed by atoms with E-state index in [0.717, 1.165) is 6.42 Å². The number of nitrogens with one attached hydrogen (secondary N) is 1. The van der Waals surface area contributed by atoms with Gasteiger partial charge in [0.05, 0.1) is 23.4 Å². The van der Waals surface area contributed by atoms with Crippen molar-refractivity contribution in [2.24, 2.45) is 0 Å². The number of rotatable bonds is 7. The van der Waals surface area contributed by atoms with Gasteiger partial charge in [0.25, 0.3) is 0 Å². The molecule has 1 fully saturated rings. The average molecular weight is 377 g/mol. The van der Waals surface area contributed by atoms with E-state index in [1.165, 1.54) is 22.5 Å². The van der Waals surface area contributed by atoms with E-state index in [-0.39, 0.29) is 29.0 Å². The van der Waals surface area contributed by atoms with Gasteiger partial charge < -0.3 is 4.74 Å². The fourth-order valence-corrected chi connectivity index (χ4v) is 5.24. The summed E-state index contributed by atoms with van der Waals surface area (Å²) < 4.78 is 58.6. The molecular formula is C15H24N2O5S2. The number of unbranched alkanes of at least 4 members (excludes halogenated alkanes) is 1. The molecule has 0 bridgehead atoms. The second kappa shape index (κ2) is 7.81. The summed E-state index contributed by atoms with van der Waals surface area (Å²) in [6.07, 6.45) is 1.16. The maximum absolute atomic E-state index is 12.7. The lowest BCUT2D eigenvalue weighted by Crippen LogP contribution is -2.44. The van der Waals surface area contributed by atoms with Gasteiger partial charge in [-0.25, -0.2) is 16.8 Å². The quantitative estimate of drug-likeness (QED) is 0.781. The summed E-state index contributed by atoms with van der Waals surface area (Å²) in [7, 11) is -7.14. The summed E-state index contributed by atoms with van der Waals surface area (Å²) in [6, 6.07) is 5.91. The van der Waals surface area contributed by atoms with E-state index in [1.54, 1.807) is 6.07 Å². The molecule has 9 heteroatoms. The topological polar surface area (TPSA) is 92.8 Å². The molecule has 24 heavy (non-hydrogen) atoms. The van der Waals surface area contributed by atoms with Gasteiger partial charge in [0, 0.05) is 18.8 Å². The van der Waals surface area contributed by atoms with Gasteiger partial charge in [0.15, 0.2) is 0 Å². The smallest absolute Gasteiger partial charge is 0.243 e. The van der Waals surface area contributed by atoms with Crippen molar-refractivity contribution in [3.05, 3.63) is 24.3 Å². The Balaban J connectivity index is 2.20. The Hall–Kier alpha value is -1.16. The first-order valence-electron chi connectivity index (χ1n) is 7.97. The Morgan fingerprint density at radius 3 is 2.71 bits per heavy atom. The molecule has 1 heterocycles. The van der Waals surface area contributed by atoms with E-state index in [4.69, 9.17) is 4.74 Å². The number of hydrogen-bond acceptors (Lipinski definition) is 5. The summed E-state index contributed by atoms with van der Waals surface area (Å²) in [5.41, 5.74) is 0.258. The number of hydrogen-bond donors (Lipinski definition) is 1. The summed E-state index contributed by atoms with van der Waals surface area (Å²) in [6.45, 7) is 4.66. The van der Waals surface area contributed by atoms with Gasteiger partial charge in [0.2, 0.25) is 20.0 Å². The second-order valence-electron chi connectivity index (χ2n) is 5.85. The minimum atomic E-state index is -3.67. The van der Waals surface area contributed by atoms with E-state index >= 15 is 0 Å². The molecule has 0 amide bonds. The zero-order valence-corrected chi connectivity index (χ0v) is 15.6. The molecule has 0 saturated carbocycles. The zero-order valence-electron chi connectivity index (χ0n) is 13.9. The Labute approximate surface area is 144 Å². The SMILES string of the molecule is CCCCS(=O)(=O)Nc1cccc(S(=O)(=O)N2CCOC(C)C2)c1. The van der Waals surface area contributed by atoms with Gasteiger partial charge in [-0.15, -0.1) is 0 Å². The molecule has 7 nitrogen and oxygen atoms in total. The minimum absolute atomic E-state index is 0.0153. The van der Waals surface area contributed by atoms with Crippen LogP contribution >= 0.6 is 0 Å². The van der Waals surface area contributed by atoms with Crippen LogP contribution in [0.3, 0.4) is 0 Å². The lowest BCUT2D eigenvalue weighted by atomic mass is 10.3. The van der Waals surface area contributed by atoms with Gasteiger partial charge in [-0.3, -0.25) is 4.72 Å². The second-order valence-corrected chi connectivity index (χ2v) is 9.63. The molecule has 1 aliphatic heterocycles. The maximum atomic E-state index is 12.7. The highest BCUT2D eigenvalue weighted by Gasteiger charge is 2.29. The Morgan fingerprint density at radius 1 is 1.29 bits per heavy atom. The molecule has 1 aromatic carbocycles. The Kier molecular flexibility index (Phi) is 6.24. The molecule has 136 valence electrons. The summed E-state index contributed by atoms with van der Waals surface area (Å²) in [4.78, 5) is 0.0762. The van der Waals surface area contributed by atoms with Crippen molar-refractivity contribution < 1.29 is 21.6 Å². The number of nitrogens with zero attached hydrogens (tertiary/aromatic N) is 1. The fourth-order valence-electron chi connectivity index (χ4n) is 2.44. The molecule has 0 aliphatic carbocycles. The highest BCUT2D eigenvalue weighted by molar-refractivity contribution is 7.92.